The summed E-state index contributed by atoms with van der Waals surface area (Å²) in [6.07, 6.45) is 0. The molecule has 1 aromatic heterocycles. The lowest BCUT2D eigenvalue weighted by Crippen LogP contribution is -2.36. The third kappa shape index (κ3) is 3.00. The Balaban J connectivity index is 1.59. The van der Waals surface area contributed by atoms with Crippen molar-refractivity contribution in [1.29, 1.82) is 0 Å². The van der Waals surface area contributed by atoms with Gasteiger partial charge in [0.15, 0.2) is 6.61 Å². The fraction of sp³-hybridized carbons (Fsp3) is 0.385. The molecule has 1 fully saturated rings. The SMILES string of the molecule is Nc1cccc(OCc2nc(N3CCOCC3)no2)c1. The molecule has 0 aliphatic carbocycles. The summed E-state index contributed by atoms with van der Waals surface area (Å²) in [5, 5.41) is 3.95. The minimum atomic E-state index is 0.223. The zero-order chi connectivity index (χ0) is 13.8. The third-order valence-corrected chi connectivity index (χ3v) is 2.97. The van der Waals surface area contributed by atoms with E-state index < -0.39 is 0 Å². The van der Waals surface area contributed by atoms with Gasteiger partial charge in [-0.15, -0.1) is 0 Å². The molecule has 3 rings (SSSR count). The summed E-state index contributed by atoms with van der Waals surface area (Å²) >= 11 is 0. The third-order valence-electron chi connectivity index (χ3n) is 2.97. The Morgan fingerprint density at radius 2 is 2.15 bits per heavy atom. The monoisotopic (exact) mass is 276 g/mol. The number of nitrogens with zero attached hydrogens (tertiary/aromatic N) is 3. The number of aromatic nitrogens is 2. The zero-order valence-corrected chi connectivity index (χ0v) is 11.0. The van der Waals surface area contributed by atoms with Crippen LogP contribution in [0.15, 0.2) is 28.8 Å². The van der Waals surface area contributed by atoms with E-state index in [-0.39, 0.29) is 6.61 Å². The van der Waals surface area contributed by atoms with Crippen LogP contribution < -0.4 is 15.4 Å². The van der Waals surface area contributed by atoms with Gasteiger partial charge in [0.2, 0.25) is 0 Å². The Morgan fingerprint density at radius 3 is 2.95 bits per heavy atom. The highest BCUT2D eigenvalue weighted by atomic mass is 16.5. The first-order chi connectivity index (χ1) is 9.81. The molecule has 20 heavy (non-hydrogen) atoms. The van der Waals surface area contributed by atoms with Gasteiger partial charge >= 0.3 is 0 Å². The molecule has 0 bridgehead atoms. The van der Waals surface area contributed by atoms with Crippen LogP contribution in [0.25, 0.3) is 0 Å². The van der Waals surface area contributed by atoms with Crippen LogP contribution in [0, 0.1) is 0 Å². The van der Waals surface area contributed by atoms with E-state index in [4.69, 9.17) is 19.7 Å². The molecule has 7 heteroatoms. The molecule has 2 N–H and O–H groups in total. The van der Waals surface area contributed by atoms with Crippen LogP contribution in [0.5, 0.6) is 5.75 Å². The molecule has 0 spiro atoms. The maximum Gasteiger partial charge on any atom is 0.266 e. The largest absolute Gasteiger partial charge is 0.484 e. The molecule has 0 saturated carbocycles. The van der Waals surface area contributed by atoms with Crippen molar-refractivity contribution < 1.29 is 14.0 Å². The minimum absolute atomic E-state index is 0.223. The van der Waals surface area contributed by atoms with E-state index in [0.717, 1.165) is 13.1 Å². The van der Waals surface area contributed by atoms with Crippen LogP contribution in [-0.2, 0) is 11.3 Å². The lowest BCUT2D eigenvalue weighted by atomic mass is 10.3. The number of nitrogen functional groups attached to an aromatic ring is 1. The number of morpholine rings is 1. The molecule has 1 aliphatic heterocycles. The number of nitrogens with two attached hydrogens (primary N) is 1. The molecule has 1 aromatic carbocycles. The van der Waals surface area contributed by atoms with Crippen molar-refractivity contribution in [2.75, 3.05) is 36.9 Å². The highest BCUT2D eigenvalue weighted by molar-refractivity contribution is 5.43. The van der Waals surface area contributed by atoms with Crippen molar-refractivity contribution in [3.63, 3.8) is 0 Å². The van der Waals surface area contributed by atoms with E-state index >= 15 is 0 Å². The molecule has 1 saturated heterocycles. The van der Waals surface area contributed by atoms with E-state index in [2.05, 4.69) is 10.1 Å². The maximum atomic E-state index is 5.68. The number of rotatable bonds is 4. The summed E-state index contributed by atoms with van der Waals surface area (Å²) in [6, 6.07) is 7.21. The predicted molar refractivity (Wildman–Crippen MR) is 72.5 cm³/mol. The van der Waals surface area contributed by atoms with Gasteiger partial charge in [-0.05, 0) is 17.3 Å². The van der Waals surface area contributed by atoms with Gasteiger partial charge in [-0.25, -0.2) is 0 Å². The summed E-state index contributed by atoms with van der Waals surface area (Å²) < 4.78 is 16.0. The Kier molecular flexibility index (Phi) is 3.69. The lowest BCUT2D eigenvalue weighted by Gasteiger charge is -2.24. The summed E-state index contributed by atoms with van der Waals surface area (Å²) in [5.74, 6) is 1.70. The van der Waals surface area contributed by atoms with Gasteiger partial charge in [-0.1, -0.05) is 6.07 Å². The average Bonchev–Trinajstić information content (AvgIpc) is 2.95. The molecule has 106 valence electrons. The van der Waals surface area contributed by atoms with E-state index in [1.54, 1.807) is 12.1 Å². The van der Waals surface area contributed by atoms with Gasteiger partial charge in [-0.3, -0.25) is 0 Å². The number of hydrogen-bond donors (Lipinski definition) is 1. The fourth-order valence-electron chi connectivity index (χ4n) is 1.95. The van der Waals surface area contributed by atoms with E-state index in [9.17, 15) is 0 Å². The number of anilines is 2. The minimum Gasteiger partial charge on any atom is -0.484 e. The van der Waals surface area contributed by atoms with Crippen LogP contribution in [0.2, 0.25) is 0 Å². The summed E-state index contributed by atoms with van der Waals surface area (Å²) in [7, 11) is 0. The van der Waals surface area contributed by atoms with Crippen molar-refractivity contribution in [1.82, 2.24) is 10.1 Å². The van der Waals surface area contributed by atoms with E-state index in [0.29, 0.717) is 36.5 Å². The molecule has 0 amide bonds. The quantitative estimate of drug-likeness (QED) is 0.836. The van der Waals surface area contributed by atoms with Crippen LogP contribution in [0.1, 0.15) is 5.89 Å². The molecule has 2 aromatic rings. The second-order valence-corrected chi connectivity index (χ2v) is 4.45. The van der Waals surface area contributed by atoms with Gasteiger partial charge in [0, 0.05) is 24.8 Å². The highest BCUT2D eigenvalue weighted by Gasteiger charge is 2.17. The Bertz CT molecular complexity index is 566. The molecular formula is C13H16N4O3. The molecule has 0 atom stereocenters. The maximum absolute atomic E-state index is 5.68. The smallest absolute Gasteiger partial charge is 0.266 e. The van der Waals surface area contributed by atoms with Crippen LogP contribution >= 0.6 is 0 Å². The first kappa shape index (κ1) is 12.7. The molecule has 1 aliphatic rings. The van der Waals surface area contributed by atoms with Gasteiger partial charge in [-0.2, -0.15) is 4.98 Å². The van der Waals surface area contributed by atoms with Gasteiger partial charge in [0.05, 0.1) is 13.2 Å². The van der Waals surface area contributed by atoms with Crippen LogP contribution in [-0.4, -0.2) is 36.4 Å². The second kappa shape index (κ2) is 5.79. The van der Waals surface area contributed by atoms with Crippen molar-refractivity contribution in [3.05, 3.63) is 30.2 Å². The number of ether oxygens (including phenoxy) is 2. The van der Waals surface area contributed by atoms with Crippen molar-refractivity contribution in [3.8, 4) is 5.75 Å². The molecule has 2 heterocycles. The molecular weight excluding hydrogens is 260 g/mol. The van der Waals surface area contributed by atoms with Crippen LogP contribution in [0.4, 0.5) is 11.6 Å². The second-order valence-electron chi connectivity index (χ2n) is 4.45. The standard InChI is InChI=1S/C13H16N4O3/c14-10-2-1-3-11(8-10)19-9-12-15-13(16-20-12)17-4-6-18-7-5-17/h1-3,8H,4-7,9,14H2. The van der Waals surface area contributed by atoms with Crippen molar-refractivity contribution >= 4 is 11.6 Å². The molecule has 7 nitrogen and oxygen atoms in total. The zero-order valence-electron chi connectivity index (χ0n) is 11.0. The summed E-state index contributed by atoms with van der Waals surface area (Å²) in [5.41, 5.74) is 6.33. The summed E-state index contributed by atoms with van der Waals surface area (Å²) in [4.78, 5) is 6.33. The highest BCUT2D eigenvalue weighted by Crippen LogP contribution is 2.17. The predicted octanol–water partition coefficient (Wildman–Crippen LogP) is 1.07. The van der Waals surface area contributed by atoms with E-state index in [1.807, 2.05) is 17.0 Å². The van der Waals surface area contributed by atoms with Gasteiger partial charge in [0.1, 0.15) is 5.75 Å². The molecule has 0 radical (unpaired) electrons. The lowest BCUT2D eigenvalue weighted by molar-refractivity contribution is 0.121. The van der Waals surface area contributed by atoms with Gasteiger partial charge in [0.25, 0.3) is 11.8 Å². The topological polar surface area (TPSA) is 86.6 Å². The van der Waals surface area contributed by atoms with E-state index in [1.165, 1.54) is 0 Å². The summed E-state index contributed by atoms with van der Waals surface area (Å²) in [6.45, 7) is 3.14. The van der Waals surface area contributed by atoms with Crippen LogP contribution in [0.3, 0.4) is 0 Å². The number of benzene rings is 1. The van der Waals surface area contributed by atoms with Crippen molar-refractivity contribution in [2.24, 2.45) is 0 Å². The Hall–Kier alpha value is -2.28. The first-order valence-electron chi connectivity index (χ1n) is 6.45. The Labute approximate surface area is 116 Å². The first-order valence-corrected chi connectivity index (χ1v) is 6.45. The normalized spacial score (nSPS) is 15.3. The average molecular weight is 276 g/mol. The molecule has 0 unspecified atom stereocenters. The number of hydrogen-bond acceptors (Lipinski definition) is 7. The van der Waals surface area contributed by atoms with Gasteiger partial charge < -0.3 is 24.6 Å². The van der Waals surface area contributed by atoms with Crippen molar-refractivity contribution in [2.45, 2.75) is 6.61 Å². The fourth-order valence-corrected chi connectivity index (χ4v) is 1.95. The Morgan fingerprint density at radius 1 is 1.30 bits per heavy atom.